The minimum absolute atomic E-state index is 0.0222. The first-order valence-electron chi connectivity index (χ1n) is 10.6. The van der Waals surface area contributed by atoms with E-state index in [1.54, 1.807) is 30.7 Å². The van der Waals surface area contributed by atoms with E-state index in [4.69, 9.17) is 4.74 Å². The number of amides is 2. The zero-order valence-electron chi connectivity index (χ0n) is 19.2. The van der Waals surface area contributed by atoms with Crippen LogP contribution < -0.4 is 10.1 Å². The maximum Gasteiger partial charge on any atom is 0.242 e. The Kier molecular flexibility index (Phi) is 9.44. The van der Waals surface area contributed by atoms with Gasteiger partial charge in [0.25, 0.3) is 0 Å². The third-order valence-electron chi connectivity index (χ3n) is 4.80. The summed E-state index contributed by atoms with van der Waals surface area (Å²) in [5.74, 6) is 1.72. The van der Waals surface area contributed by atoms with Crippen molar-refractivity contribution in [3.63, 3.8) is 0 Å². The fourth-order valence-corrected chi connectivity index (χ4v) is 3.98. The SMILES string of the molecule is COc1ccc(CSCC(=O)N(CCc2ccccc2)[C@H](C)C(=O)NC(C)(C)C)cc1. The van der Waals surface area contributed by atoms with Gasteiger partial charge in [0.15, 0.2) is 0 Å². The predicted octanol–water partition coefficient (Wildman–Crippen LogP) is 4.30. The molecule has 0 aliphatic heterocycles. The molecule has 31 heavy (non-hydrogen) atoms. The van der Waals surface area contributed by atoms with Gasteiger partial charge in [-0.25, -0.2) is 0 Å². The van der Waals surface area contributed by atoms with Gasteiger partial charge in [0.2, 0.25) is 11.8 Å². The predicted molar refractivity (Wildman–Crippen MR) is 128 cm³/mol. The van der Waals surface area contributed by atoms with Gasteiger partial charge in [-0.3, -0.25) is 9.59 Å². The van der Waals surface area contributed by atoms with Crippen molar-refractivity contribution in [3.05, 3.63) is 65.7 Å². The second kappa shape index (κ2) is 11.8. The molecule has 0 aromatic heterocycles. The lowest BCUT2D eigenvalue weighted by Crippen LogP contribution is -2.53. The van der Waals surface area contributed by atoms with E-state index in [1.807, 2.05) is 75.4 Å². The van der Waals surface area contributed by atoms with E-state index in [0.29, 0.717) is 18.7 Å². The first-order valence-corrected chi connectivity index (χ1v) is 11.7. The molecule has 0 bridgehead atoms. The summed E-state index contributed by atoms with van der Waals surface area (Å²) < 4.78 is 5.18. The van der Waals surface area contributed by atoms with E-state index < -0.39 is 6.04 Å². The Morgan fingerprint density at radius 3 is 2.26 bits per heavy atom. The quantitative estimate of drug-likeness (QED) is 0.596. The van der Waals surface area contributed by atoms with Crippen molar-refractivity contribution in [1.82, 2.24) is 10.2 Å². The van der Waals surface area contributed by atoms with Crippen LogP contribution in [0.4, 0.5) is 0 Å². The summed E-state index contributed by atoms with van der Waals surface area (Å²) in [7, 11) is 1.64. The molecule has 1 N–H and O–H groups in total. The molecule has 2 amide bonds. The lowest BCUT2D eigenvalue weighted by molar-refractivity contribution is -0.138. The van der Waals surface area contributed by atoms with Gasteiger partial charge in [0.1, 0.15) is 11.8 Å². The van der Waals surface area contributed by atoms with Crippen LogP contribution in [0.1, 0.15) is 38.8 Å². The monoisotopic (exact) mass is 442 g/mol. The number of thioether (sulfide) groups is 1. The zero-order chi connectivity index (χ0) is 22.9. The number of rotatable bonds is 10. The van der Waals surface area contributed by atoms with Crippen LogP contribution in [0.3, 0.4) is 0 Å². The summed E-state index contributed by atoms with van der Waals surface area (Å²) in [5.41, 5.74) is 1.94. The molecule has 6 heteroatoms. The Labute approximate surface area is 190 Å². The molecule has 0 aliphatic carbocycles. The molecule has 0 aliphatic rings. The van der Waals surface area contributed by atoms with Crippen molar-refractivity contribution in [2.24, 2.45) is 0 Å². The number of nitrogens with one attached hydrogen (secondary N) is 1. The molecule has 0 unspecified atom stereocenters. The Morgan fingerprint density at radius 1 is 1.03 bits per heavy atom. The fraction of sp³-hybridized carbons (Fsp3) is 0.440. The minimum atomic E-state index is -0.531. The van der Waals surface area contributed by atoms with E-state index in [9.17, 15) is 9.59 Å². The summed E-state index contributed by atoms with van der Waals surface area (Å²) in [6, 6.07) is 17.3. The molecule has 0 spiro atoms. The average molecular weight is 443 g/mol. The van der Waals surface area contributed by atoms with Gasteiger partial charge < -0.3 is 15.0 Å². The normalized spacial score (nSPS) is 12.2. The fourth-order valence-electron chi connectivity index (χ4n) is 3.11. The van der Waals surface area contributed by atoms with Gasteiger partial charge in [-0.15, -0.1) is 11.8 Å². The van der Waals surface area contributed by atoms with E-state index in [1.165, 1.54) is 0 Å². The molecule has 0 radical (unpaired) electrons. The standard InChI is InChI=1S/C25H34N2O3S/c1-19(24(29)26-25(2,3)4)27(16-15-20-9-7-6-8-10-20)23(28)18-31-17-21-11-13-22(30-5)14-12-21/h6-14,19H,15-18H2,1-5H3,(H,26,29)/t19-/m1/s1. The highest BCUT2D eigenvalue weighted by molar-refractivity contribution is 7.99. The molecule has 0 heterocycles. The number of ether oxygens (including phenoxy) is 1. The van der Waals surface area contributed by atoms with E-state index in [-0.39, 0.29) is 17.4 Å². The smallest absolute Gasteiger partial charge is 0.242 e. The first-order chi connectivity index (χ1) is 14.7. The van der Waals surface area contributed by atoms with Gasteiger partial charge in [-0.05, 0) is 57.4 Å². The topological polar surface area (TPSA) is 58.6 Å². The van der Waals surface area contributed by atoms with Crippen molar-refractivity contribution in [1.29, 1.82) is 0 Å². The van der Waals surface area contributed by atoms with Crippen molar-refractivity contribution >= 4 is 23.6 Å². The summed E-state index contributed by atoms with van der Waals surface area (Å²) in [4.78, 5) is 27.5. The number of nitrogens with zero attached hydrogens (tertiary/aromatic N) is 1. The average Bonchev–Trinajstić information content (AvgIpc) is 2.73. The third kappa shape index (κ3) is 8.66. The highest BCUT2D eigenvalue weighted by Crippen LogP contribution is 2.18. The lowest BCUT2D eigenvalue weighted by atomic mass is 10.1. The summed E-state index contributed by atoms with van der Waals surface area (Å²) >= 11 is 1.56. The molecule has 2 aromatic carbocycles. The molecule has 0 saturated carbocycles. The number of hydrogen-bond donors (Lipinski definition) is 1. The number of carbonyl (C=O) groups excluding carboxylic acids is 2. The molecule has 0 saturated heterocycles. The van der Waals surface area contributed by atoms with Gasteiger partial charge >= 0.3 is 0 Å². The molecular formula is C25H34N2O3S. The Bertz CT molecular complexity index is 832. The van der Waals surface area contributed by atoms with Crippen LogP contribution in [-0.2, 0) is 21.8 Å². The van der Waals surface area contributed by atoms with Crippen LogP contribution in [0.5, 0.6) is 5.75 Å². The van der Waals surface area contributed by atoms with Crippen LogP contribution in [-0.4, -0.2) is 47.7 Å². The molecule has 168 valence electrons. The number of carbonyl (C=O) groups is 2. The van der Waals surface area contributed by atoms with Gasteiger partial charge in [0, 0.05) is 17.8 Å². The minimum Gasteiger partial charge on any atom is -0.497 e. The molecular weight excluding hydrogens is 408 g/mol. The lowest BCUT2D eigenvalue weighted by Gasteiger charge is -2.31. The van der Waals surface area contributed by atoms with Crippen molar-refractivity contribution < 1.29 is 14.3 Å². The van der Waals surface area contributed by atoms with Gasteiger partial charge in [0.05, 0.1) is 12.9 Å². The van der Waals surface area contributed by atoms with Gasteiger partial charge in [-0.1, -0.05) is 42.5 Å². The molecule has 0 fully saturated rings. The number of methoxy groups -OCH3 is 1. The molecule has 2 aromatic rings. The maximum absolute atomic E-state index is 13.1. The molecule has 5 nitrogen and oxygen atoms in total. The van der Waals surface area contributed by atoms with E-state index >= 15 is 0 Å². The van der Waals surface area contributed by atoms with Crippen molar-refractivity contribution in [3.8, 4) is 5.75 Å². The zero-order valence-corrected chi connectivity index (χ0v) is 20.0. The van der Waals surface area contributed by atoms with E-state index in [0.717, 1.165) is 22.6 Å². The Balaban J connectivity index is 2.00. The first kappa shape index (κ1) is 24.8. The summed E-state index contributed by atoms with van der Waals surface area (Å²) in [5, 5.41) is 2.99. The van der Waals surface area contributed by atoms with Crippen LogP contribution >= 0.6 is 11.8 Å². The maximum atomic E-state index is 13.1. The summed E-state index contributed by atoms with van der Waals surface area (Å²) in [6.45, 7) is 8.14. The summed E-state index contributed by atoms with van der Waals surface area (Å²) in [6.07, 6.45) is 0.711. The van der Waals surface area contributed by atoms with Crippen LogP contribution in [0, 0.1) is 0 Å². The van der Waals surface area contributed by atoms with Crippen LogP contribution in [0.25, 0.3) is 0 Å². The van der Waals surface area contributed by atoms with Crippen LogP contribution in [0.2, 0.25) is 0 Å². The highest BCUT2D eigenvalue weighted by Gasteiger charge is 2.27. The van der Waals surface area contributed by atoms with Crippen molar-refractivity contribution in [2.75, 3.05) is 19.4 Å². The molecule has 2 rings (SSSR count). The molecule has 1 atom stereocenters. The second-order valence-electron chi connectivity index (χ2n) is 8.58. The third-order valence-corrected chi connectivity index (χ3v) is 5.79. The van der Waals surface area contributed by atoms with Crippen molar-refractivity contribution in [2.45, 2.75) is 51.4 Å². The Hall–Kier alpha value is -2.47. The Morgan fingerprint density at radius 2 is 1.68 bits per heavy atom. The highest BCUT2D eigenvalue weighted by atomic mass is 32.2. The number of benzene rings is 2. The second-order valence-corrected chi connectivity index (χ2v) is 9.56. The number of hydrogen-bond acceptors (Lipinski definition) is 4. The van der Waals surface area contributed by atoms with E-state index in [2.05, 4.69) is 5.32 Å². The van der Waals surface area contributed by atoms with Crippen LogP contribution in [0.15, 0.2) is 54.6 Å². The van der Waals surface area contributed by atoms with Gasteiger partial charge in [-0.2, -0.15) is 0 Å². The largest absolute Gasteiger partial charge is 0.497 e.